The normalized spacial score (nSPS) is 12.0. The number of hydrogen-bond donors (Lipinski definition) is 0. The van der Waals surface area contributed by atoms with Gasteiger partial charge in [-0.25, -0.2) is 0 Å². The molecule has 0 bridgehead atoms. The SMILES string of the molecule is CCCC[P+](/C=C/c1ccc([N+](=O)[O-])cc1)(CCCC)CCCC. The van der Waals surface area contributed by atoms with Crippen molar-refractivity contribution in [2.75, 3.05) is 18.5 Å². The average Bonchev–Trinajstić information content (AvgIpc) is 2.61. The molecule has 0 radical (unpaired) electrons. The number of benzene rings is 1. The van der Waals surface area contributed by atoms with Gasteiger partial charge >= 0.3 is 0 Å². The van der Waals surface area contributed by atoms with E-state index in [9.17, 15) is 10.1 Å². The summed E-state index contributed by atoms with van der Waals surface area (Å²) in [6.45, 7) is 6.82. The van der Waals surface area contributed by atoms with Crippen LogP contribution < -0.4 is 0 Å². The first-order valence-corrected chi connectivity index (χ1v) is 11.8. The first-order chi connectivity index (χ1) is 11.6. The molecule has 0 saturated heterocycles. The van der Waals surface area contributed by atoms with Gasteiger partial charge in [-0.3, -0.25) is 10.1 Å². The monoisotopic (exact) mass is 350 g/mol. The quantitative estimate of drug-likeness (QED) is 0.232. The van der Waals surface area contributed by atoms with Crippen LogP contribution in [-0.4, -0.2) is 23.4 Å². The Labute approximate surface area is 148 Å². The van der Waals surface area contributed by atoms with Crippen LogP contribution in [0.5, 0.6) is 0 Å². The molecule has 24 heavy (non-hydrogen) atoms. The van der Waals surface area contributed by atoms with Crippen molar-refractivity contribution < 1.29 is 4.92 Å². The minimum absolute atomic E-state index is 0.163. The Bertz CT molecular complexity index is 489. The van der Waals surface area contributed by atoms with Gasteiger partial charge in [0.15, 0.2) is 0 Å². The number of rotatable bonds is 12. The fourth-order valence-electron chi connectivity index (χ4n) is 2.93. The third-order valence-corrected chi connectivity index (χ3v) is 8.96. The number of unbranched alkanes of at least 4 members (excludes halogenated alkanes) is 3. The third-order valence-electron chi connectivity index (χ3n) is 4.56. The smallest absolute Gasteiger partial charge is 0.258 e. The molecule has 0 aliphatic heterocycles. The maximum atomic E-state index is 10.8. The second-order valence-corrected chi connectivity index (χ2v) is 10.7. The van der Waals surface area contributed by atoms with Crippen molar-refractivity contribution in [3.8, 4) is 0 Å². The fraction of sp³-hybridized carbons (Fsp3) is 0.600. The Hall–Kier alpha value is -1.21. The maximum Gasteiger partial charge on any atom is 0.269 e. The van der Waals surface area contributed by atoms with Crippen LogP contribution in [0, 0.1) is 10.1 Å². The third kappa shape index (κ3) is 7.13. The summed E-state index contributed by atoms with van der Waals surface area (Å²) in [5.41, 5.74) is 1.24. The van der Waals surface area contributed by atoms with Crippen LogP contribution in [0.25, 0.3) is 6.08 Å². The summed E-state index contributed by atoms with van der Waals surface area (Å²) in [4.78, 5) is 10.4. The van der Waals surface area contributed by atoms with Gasteiger partial charge in [0.1, 0.15) is 0 Å². The zero-order chi connectivity index (χ0) is 17.8. The number of non-ortho nitro benzene ring substituents is 1. The van der Waals surface area contributed by atoms with E-state index >= 15 is 0 Å². The Morgan fingerprint density at radius 2 is 1.38 bits per heavy atom. The molecular weight excluding hydrogens is 317 g/mol. The number of nitro groups is 1. The summed E-state index contributed by atoms with van der Waals surface area (Å²) in [7, 11) is -1.06. The molecule has 0 amide bonds. The Balaban J connectivity index is 2.95. The van der Waals surface area contributed by atoms with Gasteiger partial charge in [0.25, 0.3) is 5.69 Å². The van der Waals surface area contributed by atoms with Gasteiger partial charge in [0.05, 0.1) is 29.2 Å². The topological polar surface area (TPSA) is 43.1 Å². The van der Waals surface area contributed by atoms with Gasteiger partial charge in [0.2, 0.25) is 0 Å². The van der Waals surface area contributed by atoms with Crippen LogP contribution >= 0.6 is 7.26 Å². The average molecular weight is 350 g/mol. The van der Waals surface area contributed by atoms with E-state index in [1.807, 2.05) is 12.1 Å². The van der Waals surface area contributed by atoms with Crippen molar-refractivity contribution in [3.05, 3.63) is 45.8 Å². The number of hydrogen-bond acceptors (Lipinski definition) is 2. The van der Waals surface area contributed by atoms with Crippen LogP contribution in [-0.2, 0) is 0 Å². The molecule has 0 unspecified atom stereocenters. The van der Waals surface area contributed by atoms with Crippen LogP contribution in [0.2, 0.25) is 0 Å². The summed E-state index contributed by atoms with van der Waals surface area (Å²) in [6.07, 6.45) is 14.0. The van der Waals surface area contributed by atoms with Gasteiger partial charge in [-0.1, -0.05) is 40.0 Å². The molecule has 1 aromatic rings. The van der Waals surface area contributed by atoms with Crippen molar-refractivity contribution in [3.63, 3.8) is 0 Å². The van der Waals surface area contributed by atoms with Gasteiger partial charge < -0.3 is 0 Å². The summed E-state index contributed by atoms with van der Waals surface area (Å²) in [5.74, 6) is 2.51. The molecule has 0 aliphatic carbocycles. The van der Waals surface area contributed by atoms with E-state index in [0.29, 0.717) is 0 Å². The van der Waals surface area contributed by atoms with Gasteiger partial charge in [-0.05, 0) is 43.0 Å². The molecule has 0 saturated carbocycles. The molecule has 0 fully saturated rings. The summed E-state index contributed by atoms with van der Waals surface area (Å²) < 4.78 is 0. The number of nitrogens with zero attached hydrogens (tertiary/aromatic N) is 1. The molecule has 4 heteroatoms. The van der Waals surface area contributed by atoms with Gasteiger partial charge in [-0.2, -0.15) is 0 Å². The van der Waals surface area contributed by atoms with Crippen molar-refractivity contribution in [2.45, 2.75) is 59.3 Å². The van der Waals surface area contributed by atoms with Crippen molar-refractivity contribution in [2.24, 2.45) is 0 Å². The molecule has 0 spiro atoms. The molecule has 1 aromatic carbocycles. The predicted octanol–water partition coefficient (Wildman–Crippen LogP) is 6.98. The predicted molar refractivity (Wildman–Crippen MR) is 108 cm³/mol. The lowest BCUT2D eigenvalue weighted by molar-refractivity contribution is -0.384. The first kappa shape index (κ1) is 20.8. The van der Waals surface area contributed by atoms with Crippen LogP contribution in [0.1, 0.15) is 64.9 Å². The minimum Gasteiger partial charge on any atom is -0.258 e. The van der Waals surface area contributed by atoms with E-state index in [-0.39, 0.29) is 10.6 Å². The maximum absolute atomic E-state index is 10.8. The Morgan fingerprint density at radius 1 is 0.917 bits per heavy atom. The van der Waals surface area contributed by atoms with Crippen LogP contribution in [0.3, 0.4) is 0 Å². The van der Waals surface area contributed by atoms with Crippen molar-refractivity contribution in [1.29, 1.82) is 0 Å². The second-order valence-electron chi connectivity index (χ2n) is 6.61. The van der Waals surface area contributed by atoms with E-state index in [1.165, 1.54) is 57.0 Å². The van der Waals surface area contributed by atoms with E-state index in [1.54, 1.807) is 12.1 Å². The Kier molecular flexibility index (Phi) is 9.86. The lowest BCUT2D eigenvalue weighted by Crippen LogP contribution is -2.06. The highest BCUT2D eigenvalue weighted by atomic mass is 31.2. The molecule has 0 atom stereocenters. The zero-order valence-corrected chi connectivity index (χ0v) is 16.4. The molecule has 0 aromatic heterocycles. The molecule has 0 heterocycles. The van der Waals surface area contributed by atoms with Crippen molar-refractivity contribution >= 4 is 19.0 Å². The van der Waals surface area contributed by atoms with E-state index in [2.05, 4.69) is 32.7 Å². The summed E-state index contributed by atoms with van der Waals surface area (Å²) in [6, 6.07) is 6.93. The van der Waals surface area contributed by atoms with E-state index in [0.717, 1.165) is 5.56 Å². The van der Waals surface area contributed by atoms with Crippen molar-refractivity contribution in [1.82, 2.24) is 0 Å². The lowest BCUT2D eigenvalue weighted by atomic mass is 10.2. The minimum atomic E-state index is -1.06. The first-order valence-electron chi connectivity index (χ1n) is 9.36. The molecule has 1 rings (SSSR count). The molecule has 134 valence electrons. The molecular formula is C20H33NO2P+. The number of nitro benzene ring substituents is 1. The van der Waals surface area contributed by atoms with Crippen LogP contribution in [0.15, 0.2) is 30.1 Å². The van der Waals surface area contributed by atoms with Gasteiger partial charge in [-0.15, -0.1) is 0 Å². The van der Waals surface area contributed by atoms with E-state index in [4.69, 9.17) is 0 Å². The molecule has 0 aliphatic rings. The highest BCUT2D eigenvalue weighted by molar-refractivity contribution is 7.78. The van der Waals surface area contributed by atoms with Crippen LogP contribution in [0.4, 0.5) is 5.69 Å². The Morgan fingerprint density at radius 3 is 1.75 bits per heavy atom. The lowest BCUT2D eigenvalue weighted by Gasteiger charge is -2.24. The summed E-state index contributed by atoms with van der Waals surface area (Å²) in [5, 5.41) is 10.8. The highest BCUT2D eigenvalue weighted by Crippen LogP contribution is 2.62. The second kappa shape index (κ2) is 11.4. The highest BCUT2D eigenvalue weighted by Gasteiger charge is 2.32. The van der Waals surface area contributed by atoms with E-state index < -0.39 is 7.26 Å². The summed E-state index contributed by atoms with van der Waals surface area (Å²) >= 11 is 0. The van der Waals surface area contributed by atoms with Gasteiger partial charge in [0, 0.05) is 19.4 Å². The molecule has 0 N–H and O–H groups in total. The fourth-order valence-corrected chi connectivity index (χ4v) is 7.37. The zero-order valence-electron chi connectivity index (χ0n) is 15.5. The largest absolute Gasteiger partial charge is 0.269 e. The standard InChI is InChI=1S/C20H33NO2P/c1-4-7-15-24(16-8-5-2,17-9-6-3)18-14-19-10-12-20(13-11-19)21(22)23/h10-14,18H,4-9,15-17H2,1-3H3/q+1/b18-14+. The molecule has 3 nitrogen and oxygen atoms in total.